The summed E-state index contributed by atoms with van der Waals surface area (Å²) >= 11 is 0. The monoisotopic (exact) mass is 196 g/mol. The smallest absolute Gasteiger partial charge is 0.303 e. The number of rotatable bonds is 3. The van der Waals surface area contributed by atoms with E-state index in [1.807, 2.05) is 0 Å². The van der Waals surface area contributed by atoms with Crippen LogP contribution in [0.1, 0.15) is 57.8 Å². The topological polar surface area (TPSA) is 37.3 Å². The molecule has 80 valence electrons. The normalized spacial score (nSPS) is 26.9. The van der Waals surface area contributed by atoms with Gasteiger partial charge in [0.25, 0.3) is 0 Å². The van der Waals surface area contributed by atoms with Gasteiger partial charge in [0.2, 0.25) is 0 Å². The molecule has 0 atom stereocenters. The van der Waals surface area contributed by atoms with Crippen molar-refractivity contribution in [1.82, 2.24) is 0 Å². The molecule has 2 fully saturated rings. The fourth-order valence-electron chi connectivity index (χ4n) is 3.38. The molecule has 1 N–H and O–H groups in total. The zero-order valence-corrected chi connectivity index (χ0v) is 8.80. The van der Waals surface area contributed by atoms with E-state index in [4.69, 9.17) is 5.11 Å². The molecule has 0 saturated heterocycles. The van der Waals surface area contributed by atoms with Crippen molar-refractivity contribution in [3.8, 4) is 0 Å². The van der Waals surface area contributed by atoms with Gasteiger partial charge in [0, 0.05) is 0 Å². The number of carboxylic acid groups (broad SMARTS) is 1. The van der Waals surface area contributed by atoms with E-state index in [0.29, 0.717) is 6.42 Å². The molecular weight excluding hydrogens is 176 g/mol. The summed E-state index contributed by atoms with van der Waals surface area (Å²) in [5.41, 5.74) is 0.215. The fourth-order valence-corrected chi connectivity index (χ4v) is 3.38. The molecule has 0 bridgehead atoms. The highest BCUT2D eigenvalue weighted by molar-refractivity contribution is 5.68. The summed E-state index contributed by atoms with van der Waals surface area (Å²) in [4.78, 5) is 10.9. The molecular formula is C12H20O2. The van der Waals surface area contributed by atoms with Crippen molar-refractivity contribution in [2.45, 2.75) is 57.8 Å². The van der Waals surface area contributed by atoms with E-state index in [9.17, 15) is 4.79 Å². The minimum atomic E-state index is -0.588. The van der Waals surface area contributed by atoms with Crippen molar-refractivity contribution in [3.05, 3.63) is 0 Å². The maximum atomic E-state index is 10.9. The van der Waals surface area contributed by atoms with Gasteiger partial charge in [-0.3, -0.25) is 4.79 Å². The summed E-state index contributed by atoms with van der Waals surface area (Å²) < 4.78 is 0. The van der Waals surface area contributed by atoms with E-state index in [-0.39, 0.29) is 5.41 Å². The van der Waals surface area contributed by atoms with Crippen molar-refractivity contribution in [3.63, 3.8) is 0 Å². The van der Waals surface area contributed by atoms with Gasteiger partial charge in [-0.05, 0) is 37.0 Å². The van der Waals surface area contributed by atoms with Gasteiger partial charge in [0.15, 0.2) is 0 Å². The van der Waals surface area contributed by atoms with Crippen LogP contribution >= 0.6 is 0 Å². The van der Waals surface area contributed by atoms with Crippen LogP contribution in [0.25, 0.3) is 0 Å². The quantitative estimate of drug-likeness (QED) is 0.752. The minimum Gasteiger partial charge on any atom is -0.481 e. The molecule has 2 nitrogen and oxygen atoms in total. The number of carbonyl (C=O) groups is 1. The summed E-state index contributed by atoms with van der Waals surface area (Å²) in [6.45, 7) is 0. The van der Waals surface area contributed by atoms with Crippen LogP contribution < -0.4 is 0 Å². The largest absolute Gasteiger partial charge is 0.481 e. The number of hydrogen-bond acceptors (Lipinski definition) is 1. The second kappa shape index (κ2) is 3.92. The van der Waals surface area contributed by atoms with Crippen LogP contribution in [0, 0.1) is 11.3 Å². The Bertz CT molecular complexity index is 212. The zero-order chi connectivity index (χ0) is 10.0. The van der Waals surface area contributed by atoms with Crippen molar-refractivity contribution >= 4 is 5.97 Å². The summed E-state index contributed by atoms with van der Waals surface area (Å²) in [5.74, 6) is 0.136. The standard InChI is InChI=1S/C12H20O2/c13-11(14)9-12(7-4-8-12)10-5-2-1-3-6-10/h10H,1-9H2,(H,13,14). The third-order valence-corrected chi connectivity index (χ3v) is 4.32. The molecule has 2 rings (SSSR count). The number of carboxylic acids is 1. The van der Waals surface area contributed by atoms with Crippen LogP contribution in [0.3, 0.4) is 0 Å². The lowest BCUT2D eigenvalue weighted by molar-refractivity contribution is -0.143. The van der Waals surface area contributed by atoms with E-state index in [0.717, 1.165) is 5.92 Å². The van der Waals surface area contributed by atoms with E-state index in [1.54, 1.807) is 0 Å². The molecule has 0 aromatic rings. The summed E-state index contributed by atoms with van der Waals surface area (Å²) in [5, 5.41) is 8.94. The molecule has 0 amide bonds. The van der Waals surface area contributed by atoms with Crippen molar-refractivity contribution in [2.24, 2.45) is 11.3 Å². The lowest BCUT2D eigenvalue weighted by Gasteiger charge is -2.48. The molecule has 0 aromatic heterocycles. The third-order valence-electron chi connectivity index (χ3n) is 4.32. The maximum absolute atomic E-state index is 10.9. The third kappa shape index (κ3) is 1.79. The first-order valence-corrected chi connectivity index (χ1v) is 5.95. The van der Waals surface area contributed by atoms with E-state index in [2.05, 4.69) is 0 Å². The van der Waals surface area contributed by atoms with Crippen LogP contribution in [-0.2, 0) is 4.79 Å². The van der Waals surface area contributed by atoms with Crippen LogP contribution in [0.15, 0.2) is 0 Å². The van der Waals surface area contributed by atoms with Gasteiger partial charge in [-0.2, -0.15) is 0 Å². The lowest BCUT2D eigenvalue weighted by Crippen LogP contribution is -2.40. The molecule has 0 radical (unpaired) electrons. The zero-order valence-electron chi connectivity index (χ0n) is 8.80. The molecule has 2 saturated carbocycles. The summed E-state index contributed by atoms with van der Waals surface area (Å²) in [7, 11) is 0. The van der Waals surface area contributed by atoms with Crippen LogP contribution in [0.2, 0.25) is 0 Å². The first kappa shape index (κ1) is 10.0. The molecule has 14 heavy (non-hydrogen) atoms. The first-order valence-electron chi connectivity index (χ1n) is 5.95. The van der Waals surface area contributed by atoms with Crippen molar-refractivity contribution in [1.29, 1.82) is 0 Å². The molecule has 0 spiro atoms. The van der Waals surface area contributed by atoms with Crippen LogP contribution in [0.5, 0.6) is 0 Å². The highest BCUT2D eigenvalue weighted by Gasteiger charge is 2.45. The molecule has 0 unspecified atom stereocenters. The van der Waals surface area contributed by atoms with Gasteiger partial charge >= 0.3 is 5.97 Å². The predicted molar refractivity (Wildman–Crippen MR) is 55.1 cm³/mol. The Morgan fingerprint density at radius 2 is 1.79 bits per heavy atom. The average molecular weight is 196 g/mol. The Morgan fingerprint density at radius 1 is 1.14 bits per heavy atom. The van der Waals surface area contributed by atoms with Gasteiger partial charge in [-0.15, -0.1) is 0 Å². The second-order valence-corrected chi connectivity index (χ2v) is 5.12. The Morgan fingerprint density at radius 3 is 2.21 bits per heavy atom. The second-order valence-electron chi connectivity index (χ2n) is 5.12. The summed E-state index contributed by atoms with van der Waals surface area (Å²) in [6.07, 6.45) is 10.6. The molecule has 2 heteroatoms. The average Bonchev–Trinajstić information content (AvgIpc) is 2.12. The summed E-state index contributed by atoms with van der Waals surface area (Å²) in [6, 6.07) is 0. The number of hydrogen-bond donors (Lipinski definition) is 1. The maximum Gasteiger partial charge on any atom is 0.303 e. The van der Waals surface area contributed by atoms with E-state index in [1.165, 1.54) is 51.4 Å². The highest BCUT2D eigenvalue weighted by Crippen LogP contribution is 2.54. The lowest BCUT2D eigenvalue weighted by atomic mass is 9.56. The molecule has 0 heterocycles. The van der Waals surface area contributed by atoms with Crippen LogP contribution in [0.4, 0.5) is 0 Å². The Labute approximate surface area is 85.7 Å². The van der Waals surface area contributed by atoms with Crippen molar-refractivity contribution < 1.29 is 9.90 Å². The fraction of sp³-hybridized carbons (Fsp3) is 0.917. The Hall–Kier alpha value is -0.530. The minimum absolute atomic E-state index is 0.215. The molecule has 2 aliphatic carbocycles. The molecule has 2 aliphatic rings. The van der Waals surface area contributed by atoms with Gasteiger partial charge in [0.05, 0.1) is 6.42 Å². The van der Waals surface area contributed by atoms with Gasteiger partial charge < -0.3 is 5.11 Å². The molecule has 0 aromatic carbocycles. The Balaban J connectivity index is 1.99. The van der Waals surface area contributed by atoms with Crippen LogP contribution in [-0.4, -0.2) is 11.1 Å². The number of aliphatic carboxylic acids is 1. The van der Waals surface area contributed by atoms with Gasteiger partial charge in [-0.25, -0.2) is 0 Å². The SMILES string of the molecule is O=C(O)CC1(C2CCCCC2)CCC1. The van der Waals surface area contributed by atoms with Gasteiger partial charge in [-0.1, -0.05) is 25.7 Å². The first-order chi connectivity index (χ1) is 6.73. The molecule has 0 aliphatic heterocycles. The highest BCUT2D eigenvalue weighted by atomic mass is 16.4. The predicted octanol–water partition coefficient (Wildman–Crippen LogP) is 3.21. The van der Waals surface area contributed by atoms with Crippen molar-refractivity contribution in [2.75, 3.05) is 0 Å². The Kier molecular flexibility index (Phi) is 2.80. The van der Waals surface area contributed by atoms with E-state index >= 15 is 0 Å². The van der Waals surface area contributed by atoms with Gasteiger partial charge in [0.1, 0.15) is 0 Å². The van der Waals surface area contributed by atoms with E-state index < -0.39 is 5.97 Å².